The molecule has 0 spiro atoms. The Hall–Kier alpha value is -3.64. The number of hydrogen-bond acceptors (Lipinski definition) is 3. The summed E-state index contributed by atoms with van der Waals surface area (Å²) in [7, 11) is 0. The third-order valence-electron chi connectivity index (χ3n) is 4.60. The Balaban J connectivity index is 1.30. The van der Waals surface area contributed by atoms with Gasteiger partial charge in [-0.15, -0.1) is 0 Å². The topological polar surface area (TPSA) is 55.6 Å². The van der Waals surface area contributed by atoms with Gasteiger partial charge >= 0.3 is 0 Å². The minimum Gasteiger partial charge on any atom is -0.484 e. The zero-order valence-corrected chi connectivity index (χ0v) is 18.2. The van der Waals surface area contributed by atoms with Crippen LogP contribution in [0.15, 0.2) is 107 Å². The van der Waals surface area contributed by atoms with E-state index in [9.17, 15) is 4.79 Å². The van der Waals surface area contributed by atoms with Crippen LogP contribution in [0.1, 0.15) is 5.69 Å². The van der Waals surface area contributed by atoms with Crippen molar-refractivity contribution in [3.8, 4) is 22.6 Å². The van der Waals surface area contributed by atoms with Crippen molar-refractivity contribution < 1.29 is 9.53 Å². The summed E-state index contributed by atoms with van der Waals surface area (Å²) in [6, 6.07) is 29.5. The highest BCUT2D eigenvalue weighted by Gasteiger charge is 2.04. The van der Waals surface area contributed by atoms with E-state index in [2.05, 4.69) is 38.6 Å². The summed E-state index contributed by atoms with van der Waals surface area (Å²) >= 11 is 3.44. The Bertz CT molecular complexity index is 1170. The van der Waals surface area contributed by atoms with E-state index in [1.165, 1.54) is 0 Å². The normalized spacial score (nSPS) is 10.9. The number of nitrogens with one attached hydrogen (secondary N) is 1. The molecule has 0 saturated carbocycles. The fraction of sp³-hybridized carbons (Fsp3) is 0.0400. The molecule has 4 aromatic rings. The van der Waals surface area contributed by atoms with E-state index in [0.717, 1.165) is 27.0 Å². The van der Waals surface area contributed by atoms with Crippen LogP contribution in [0.3, 0.4) is 0 Å². The Morgan fingerprint density at radius 3 is 2.35 bits per heavy atom. The van der Waals surface area contributed by atoms with Crippen LogP contribution < -0.4 is 10.2 Å². The zero-order valence-electron chi connectivity index (χ0n) is 16.6. The van der Waals surface area contributed by atoms with Crippen molar-refractivity contribution in [3.63, 3.8) is 0 Å². The van der Waals surface area contributed by atoms with Crippen molar-refractivity contribution in [1.29, 1.82) is 0 Å². The number of nitrogens with zero attached hydrogens (tertiary/aromatic N) is 2. The van der Waals surface area contributed by atoms with Crippen LogP contribution in [0, 0.1) is 0 Å². The molecule has 0 bridgehead atoms. The van der Waals surface area contributed by atoms with E-state index in [1.807, 2.05) is 89.6 Å². The molecule has 0 saturated heterocycles. The van der Waals surface area contributed by atoms with Crippen molar-refractivity contribution in [3.05, 3.63) is 107 Å². The Morgan fingerprint density at radius 1 is 0.903 bits per heavy atom. The lowest BCUT2D eigenvalue weighted by Gasteiger charge is -2.07. The number of ether oxygens (including phenoxy) is 1. The van der Waals surface area contributed by atoms with Crippen LogP contribution in [-0.2, 0) is 4.79 Å². The number of carbonyl (C=O) groups excluding carboxylic acids is 1. The van der Waals surface area contributed by atoms with Crippen LogP contribution in [0.2, 0.25) is 0 Å². The number of rotatable bonds is 7. The monoisotopic (exact) mass is 473 g/mol. The Labute approximate surface area is 189 Å². The fourth-order valence-corrected chi connectivity index (χ4v) is 3.33. The van der Waals surface area contributed by atoms with Gasteiger partial charge in [0.25, 0.3) is 5.91 Å². The second-order valence-corrected chi connectivity index (χ2v) is 7.67. The first-order valence-electron chi connectivity index (χ1n) is 9.72. The molecule has 0 aliphatic heterocycles. The minimum absolute atomic E-state index is 0.115. The molecule has 4 rings (SSSR count). The zero-order chi connectivity index (χ0) is 21.5. The molecule has 154 valence electrons. The molecule has 0 radical (unpaired) electrons. The van der Waals surface area contributed by atoms with Gasteiger partial charge in [0.2, 0.25) is 0 Å². The molecule has 1 aromatic heterocycles. The summed E-state index contributed by atoms with van der Waals surface area (Å²) in [6.07, 6.45) is 3.54. The maximum absolute atomic E-state index is 12.1. The van der Waals surface area contributed by atoms with Crippen LogP contribution in [0.4, 0.5) is 0 Å². The average molecular weight is 474 g/mol. The molecular formula is C25H20BrN3O2. The highest BCUT2D eigenvalue weighted by molar-refractivity contribution is 9.10. The molecule has 0 aliphatic carbocycles. The summed E-state index contributed by atoms with van der Waals surface area (Å²) in [5.74, 6) is 0.299. The molecule has 0 unspecified atom stereocenters. The highest BCUT2D eigenvalue weighted by atomic mass is 79.9. The van der Waals surface area contributed by atoms with Crippen molar-refractivity contribution in [2.75, 3.05) is 6.61 Å². The third-order valence-corrected chi connectivity index (χ3v) is 5.13. The van der Waals surface area contributed by atoms with E-state index in [1.54, 1.807) is 6.21 Å². The van der Waals surface area contributed by atoms with Gasteiger partial charge in [0.1, 0.15) is 5.75 Å². The lowest BCUT2D eigenvalue weighted by molar-refractivity contribution is -0.123. The van der Waals surface area contributed by atoms with E-state index in [4.69, 9.17) is 4.74 Å². The molecule has 3 aromatic carbocycles. The molecule has 6 heteroatoms. The summed E-state index contributed by atoms with van der Waals surface area (Å²) in [6.45, 7) is -0.115. The first kappa shape index (κ1) is 20.6. The first-order chi connectivity index (χ1) is 15.2. The molecule has 31 heavy (non-hydrogen) atoms. The van der Waals surface area contributed by atoms with Gasteiger partial charge in [-0.05, 0) is 59.7 Å². The standard InChI is InChI=1S/C25H20BrN3O2/c26-21-10-12-22(13-11-21)29-16-4-7-23(29)17-27-28-25(30)18-31-24-14-8-20(9-15-24)19-5-2-1-3-6-19/h1-17H,18H2,(H,28,30)/b27-17+. The van der Waals surface area contributed by atoms with Crippen molar-refractivity contribution in [2.45, 2.75) is 0 Å². The number of halogens is 1. The highest BCUT2D eigenvalue weighted by Crippen LogP contribution is 2.22. The number of benzene rings is 3. The molecule has 1 heterocycles. The van der Waals surface area contributed by atoms with Gasteiger partial charge < -0.3 is 9.30 Å². The summed E-state index contributed by atoms with van der Waals surface area (Å²) < 4.78 is 8.55. The molecule has 0 aliphatic rings. The Morgan fingerprint density at radius 2 is 1.61 bits per heavy atom. The van der Waals surface area contributed by atoms with Gasteiger partial charge in [0.15, 0.2) is 6.61 Å². The number of hydrazone groups is 1. The van der Waals surface area contributed by atoms with Crippen LogP contribution in [0.25, 0.3) is 16.8 Å². The van der Waals surface area contributed by atoms with Crippen LogP contribution in [0.5, 0.6) is 5.75 Å². The smallest absolute Gasteiger partial charge is 0.277 e. The van der Waals surface area contributed by atoms with Gasteiger partial charge in [0.05, 0.1) is 11.9 Å². The second kappa shape index (κ2) is 9.91. The number of aromatic nitrogens is 1. The molecule has 0 atom stereocenters. The predicted molar refractivity (Wildman–Crippen MR) is 127 cm³/mol. The lowest BCUT2D eigenvalue weighted by Crippen LogP contribution is -2.24. The van der Waals surface area contributed by atoms with Crippen molar-refractivity contribution >= 4 is 28.1 Å². The number of hydrogen-bond donors (Lipinski definition) is 1. The van der Waals surface area contributed by atoms with E-state index in [-0.39, 0.29) is 12.5 Å². The second-order valence-electron chi connectivity index (χ2n) is 6.75. The van der Waals surface area contributed by atoms with E-state index < -0.39 is 0 Å². The molecule has 1 N–H and O–H groups in total. The van der Waals surface area contributed by atoms with E-state index >= 15 is 0 Å². The predicted octanol–water partition coefficient (Wildman–Crippen LogP) is 5.44. The maximum Gasteiger partial charge on any atom is 0.277 e. The Kier molecular flexibility index (Phi) is 6.59. The molecule has 5 nitrogen and oxygen atoms in total. The quantitative estimate of drug-likeness (QED) is 0.287. The molecular weight excluding hydrogens is 454 g/mol. The van der Waals surface area contributed by atoms with Crippen LogP contribution in [-0.4, -0.2) is 23.3 Å². The lowest BCUT2D eigenvalue weighted by atomic mass is 10.1. The summed E-state index contributed by atoms with van der Waals surface area (Å²) in [5, 5.41) is 4.05. The van der Waals surface area contributed by atoms with Crippen molar-refractivity contribution in [1.82, 2.24) is 9.99 Å². The largest absolute Gasteiger partial charge is 0.484 e. The van der Waals surface area contributed by atoms with E-state index in [0.29, 0.717) is 5.75 Å². The van der Waals surface area contributed by atoms with Gasteiger partial charge in [-0.3, -0.25) is 4.79 Å². The third kappa shape index (κ3) is 5.49. The van der Waals surface area contributed by atoms with Gasteiger partial charge in [-0.1, -0.05) is 58.4 Å². The molecule has 0 fully saturated rings. The average Bonchev–Trinajstić information content (AvgIpc) is 3.28. The summed E-state index contributed by atoms with van der Waals surface area (Å²) in [5.41, 5.74) is 6.58. The molecule has 1 amide bonds. The first-order valence-corrected chi connectivity index (χ1v) is 10.5. The number of amides is 1. The van der Waals surface area contributed by atoms with Crippen molar-refractivity contribution in [2.24, 2.45) is 5.10 Å². The number of carbonyl (C=O) groups is 1. The van der Waals surface area contributed by atoms with Gasteiger partial charge in [-0.25, -0.2) is 5.43 Å². The fourth-order valence-electron chi connectivity index (χ4n) is 3.06. The van der Waals surface area contributed by atoms with Gasteiger partial charge in [0, 0.05) is 16.4 Å². The van der Waals surface area contributed by atoms with Crippen LogP contribution >= 0.6 is 15.9 Å². The minimum atomic E-state index is -0.329. The maximum atomic E-state index is 12.1. The summed E-state index contributed by atoms with van der Waals surface area (Å²) in [4.78, 5) is 12.1. The van der Waals surface area contributed by atoms with Gasteiger partial charge in [-0.2, -0.15) is 5.10 Å². The SMILES string of the molecule is O=C(COc1ccc(-c2ccccc2)cc1)N/N=C/c1cccn1-c1ccc(Br)cc1.